The fraction of sp³-hybridized carbons (Fsp3) is 0.367. The molecule has 5 aromatic carbocycles. The maximum Gasteiger partial charge on any atom is 0.335 e. The van der Waals surface area contributed by atoms with Crippen molar-refractivity contribution in [1.82, 2.24) is 0 Å². The molecule has 0 unspecified atom stereocenters. The summed E-state index contributed by atoms with van der Waals surface area (Å²) in [5, 5.41) is 20.6. The topological polar surface area (TPSA) is 102 Å². The number of carbonyl (C=O) groups excluding carboxylic acids is 2. The Balaban J connectivity index is 0.876. The van der Waals surface area contributed by atoms with Crippen LogP contribution in [0.2, 0.25) is 0 Å². The average molecular weight is 765 g/mol. The van der Waals surface area contributed by atoms with Gasteiger partial charge in [-0.05, 0) is 105 Å². The molecular weight excluding hydrogens is 709 g/mol. The van der Waals surface area contributed by atoms with E-state index in [9.17, 15) is 19.5 Å². The maximum atomic E-state index is 13.0. The van der Waals surface area contributed by atoms with Gasteiger partial charge in [-0.1, -0.05) is 48.5 Å². The number of rotatable bonds is 15. The van der Waals surface area contributed by atoms with E-state index < -0.39 is 5.97 Å². The molecule has 0 bridgehead atoms. The van der Waals surface area contributed by atoms with Crippen LogP contribution >= 0.6 is 0 Å². The second-order valence-electron chi connectivity index (χ2n) is 16.9. The minimum atomic E-state index is -1.12. The maximum absolute atomic E-state index is 13.0. The molecule has 294 valence electrons. The number of unbranched alkanes of at least 4 members (excludes halogenated alkanes) is 4. The minimum Gasteiger partial charge on any atom is -0.478 e. The molecule has 5 aromatic rings. The molecule has 0 aliphatic carbocycles. The Kier molecular flexibility index (Phi) is 11.2. The minimum absolute atomic E-state index is 0.00420. The number of amides is 2. The van der Waals surface area contributed by atoms with Gasteiger partial charge < -0.3 is 15.7 Å². The Labute approximate surface area is 336 Å². The van der Waals surface area contributed by atoms with Gasteiger partial charge in [0.25, 0.3) is 0 Å². The SMILES string of the molecule is CC1=[N+](CCCCCC(=O)Nc2cc(NC(=O)CCCCC[N+]3=C(C)C(C)(C)c4c3ccc3ccccc43)cc(C(=O)O)c2)c2ccc3ccccc3c2C1(C)C. The Bertz CT molecular complexity index is 2310. The van der Waals surface area contributed by atoms with Crippen molar-refractivity contribution in [3.05, 3.63) is 108 Å². The highest BCUT2D eigenvalue weighted by molar-refractivity contribution is 6.03. The summed E-state index contributed by atoms with van der Waals surface area (Å²) in [7, 11) is 0. The Morgan fingerprint density at radius 3 is 1.40 bits per heavy atom. The van der Waals surface area contributed by atoms with Gasteiger partial charge in [-0.3, -0.25) is 9.59 Å². The normalized spacial score (nSPS) is 15.3. The van der Waals surface area contributed by atoms with E-state index in [0.29, 0.717) is 37.1 Å². The van der Waals surface area contributed by atoms with Crippen molar-refractivity contribution in [2.45, 2.75) is 104 Å². The number of anilines is 2. The quantitative estimate of drug-likeness (QED) is 0.0730. The lowest BCUT2D eigenvalue weighted by atomic mass is 9.80. The van der Waals surface area contributed by atoms with Crippen LogP contribution in [0.25, 0.3) is 21.5 Å². The number of fused-ring (bicyclic) bond motifs is 6. The largest absolute Gasteiger partial charge is 0.478 e. The number of hydrogen-bond acceptors (Lipinski definition) is 3. The standard InChI is InChI=1S/C49H54N4O4/c1-32-48(3,4)45-39-19-13-11-17-34(39)23-25-41(45)52(32)27-15-7-9-21-43(54)50-37-29-36(47(56)57)30-38(31-37)51-44(55)22-10-8-16-28-53-33(2)49(5,6)46-40-20-14-12-18-35(40)24-26-42(46)53/h11-14,17-20,23-26,29-31H,7-10,15-16,21-22,27-28H2,1-6H3,(H-2,50,51,54,55,56,57)/p+2. The van der Waals surface area contributed by atoms with Crippen LogP contribution in [0.4, 0.5) is 22.7 Å². The van der Waals surface area contributed by atoms with Gasteiger partial charge in [0.05, 0.1) is 16.4 Å². The second kappa shape index (κ2) is 16.1. The molecule has 0 fully saturated rings. The first kappa shape index (κ1) is 39.6. The van der Waals surface area contributed by atoms with Crippen LogP contribution in [0.3, 0.4) is 0 Å². The first-order valence-electron chi connectivity index (χ1n) is 20.5. The van der Waals surface area contributed by atoms with Crippen molar-refractivity contribution in [2.24, 2.45) is 0 Å². The summed E-state index contributed by atoms with van der Waals surface area (Å²) in [5.74, 6) is -1.48. The predicted molar refractivity (Wildman–Crippen MR) is 232 cm³/mol. The fourth-order valence-electron chi connectivity index (χ4n) is 9.06. The van der Waals surface area contributed by atoms with Gasteiger partial charge in [0, 0.05) is 74.2 Å². The fourth-order valence-corrected chi connectivity index (χ4v) is 9.06. The number of nitrogens with one attached hydrogen (secondary N) is 2. The van der Waals surface area contributed by atoms with Crippen molar-refractivity contribution in [1.29, 1.82) is 0 Å². The van der Waals surface area contributed by atoms with Crippen LogP contribution in [-0.2, 0) is 20.4 Å². The van der Waals surface area contributed by atoms with Crippen molar-refractivity contribution in [3.8, 4) is 0 Å². The van der Waals surface area contributed by atoms with Crippen molar-refractivity contribution >= 4 is 73.5 Å². The van der Waals surface area contributed by atoms with E-state index in [1.807, 2.05) is 0 Å². The molecule has 7 rings (SSSR count). The van der Waals surface area contributed by atoms with E-state index in [2.05, 4.69) is 134 Å². The molecule has 57 heavy (non-hydrogen) atoms. The summed E-state index contributed by atoms with van der Waals surface area (Å²) in [6.45, 7) is 15.4. The van der Waals surface area contributed by atoms with Gasteiger partial charge in [-0.15, -0.1) is 0 Å². The van der Waals surface area contributed by atoms with E-state index in [4.69, 9.17) is 0 Å². The van der Waals surface area contributed by atoms with Gasteiger partial charge in [-0.2, -0.15) is 9.15 Å². The highest BCUT2D eigenvalue weighted by Crippen LogP contribution is 2.45. The summed E-state index contributed by atoms with van der Waals surface area (Å²) >= 11 is 0. The Morgan fingerprint density at radius 1 is 0.561 bits per heavy atom. The van der Waals surface area contributed by atoms with E-state index in [-0.39, 0.29) is 28.2 Å². The first-order valence-corrected chi connectivity index (χ1v) is 20.5. The summed E-state index contributed by atoms with van der Waals surface area (Å²) in [4.78, 5) is 37.9. The third-order valence-corrected chi connectivity index (χ3v) is 12.6. The molecule has 0 saturated heterocycles. The van der Waals surface area contributed by atoms with Crippen LogP contribution in [0.5, 0.6) is 0 Å². The van der Waals surface area contributed by atoms with Crippen molar-refractivity contribution in [3.63, 3.8) is 0 Å². The number of benzene rings is 5. The van der Waals surface area contributed by atoms with Gasteiger partial charge >= 0.3 is 5.97 Å². The highest BCUT2D eigenvalue weighted by Gasteiger charge is 2.45. The van der Waals surface area contributed by atoms with Crippen LogP contribution in [0.15, 0.2) is 91.0 Å². The molecule has 2 aliphatic rings. The lowest BCUT2D eigenvalue weighted by molar-refractivity contribution is -0.439. The third-order valence-electron chi connectivity index (χ3n) is 12.6. The Morgan fingerprint density at radius 2 is 0.982 bits per heavy atom. The van der Waals surface area contributed by atoms with Crippen molar-refractivity contribution < 1.29 is 28.6 Å². The lowest BCUT2D eigenvalue weighted by Gasteiger charge is -2.17. The molecule has 2 heterocycles. The molecule has 0 radical (unpaired) electrons. The molecular formula is C49H56N4O4+2. The van der Waals surface area contributed by atoms with E-state index >= 15 is 0 Å². The van der Waals surface area contributed by atoms with Gasteiger partial charge in [0.15, 0.2) is 11.4 Å². The zero-order valence-electron chi connectivity index (χ0n) is 34.3. The summed E-state index contributed by atoms with van der Waals surface area (Å²) in [5.41, 5.74) is 8.56. The zero-order chi connectivity index (χ0) is 40.5. The number of aromatic carboxylic acids is 1. The zero-order valence-corrected chi connectivity index (χ0v) is 34.3. The van der Waals surface area contributed by atoms with Gasteiger partial charge in [0.2, 0.25) is 23.2 Å². The Hall–Kier alpha value is -5.63. The molecule has 8 nitrogen and oxygen atoms in total. The highest BCUT2D eigenvalue weighted by atomic mass is 16.4. The van der Waals surface area contributed by atoms with E-state index in [0.717, 1.165) is 38.8 Å². The molecule has 8 heteroatoms. The molecule has 0 spiro atoms. The van der Waals surface area contributed by atoms with E-state index in [1.54, 1.807) is 6.07 Å². The summed E-state index contributed by atoms with van der Waals surface area (Å²) in [6, 6.07) is 30.5. The van der Waals surface area contributed by atoms with Crippen LogP contribution in [-0.4, -0.2) is 56.6 Å². The monoisotopic (exact) mass is 764 g/mol. The summed E-state index contributed by atoms with van der Waals surface area (Å²) in [6.07, 6.45) is 5.72. The van der Waals surface area contributed by atoms with Crippen LogP contribution < -0.4 is 10.6 Å². The van der Waals surface area contributed by atoms with Gasteiger partial charge in [0.1, 0.15) is 13.1 Å². The third kappa shape index (κ3) is 7.87. The molecule has 3 N–H and O–H groups in total. The number of carboxylic acid groups (broad SMARTS) is 1. The predicted octanol–water partition coefficient (Wildman–Crippen LogP) is 10.9. The number of carbonyl (C=O) groups is 3. The van der Waals surface area contributed by atoms with Crippen molar-refractivity contribution in [2.75, 3.05) is 23.7 Å². The van der Waals surface area contributed by atoms with Gasteiger partial charge in [-0.25, -0.2) is 4.79 Å². The molecule has 0 aromatic heterocycles. The second-order valence-corrected chi connectivity index (χ2v) is 16.9. The summed E-state index contributed by atoms with van der Waals surface area (Å²) < 4.78 is 4.87. The smallest absolute Gasteiger partial charge is 0.335 e. The number of nitrogens with zero attached hydrogens (tertiary/aromatic N) is 2. The number of carboxylic acids is 1. The molecule has 0 saturated carbocycles. The molecule has 2 aliphatic heterocycles. The number of hydrogen-bond donors (Lipinski definition) is 3. The first-order chi connectivity index (χ1) is 27.3. The van der Waals surface area contributed by atoms with E-state index in [1.165, 1.54) is 67.6 Å². The average Bonchev–Trinajstić information content (AvgIpc) is 3.51. The van der Waals surface area contributed by atoms with Crippen LogP contribution in [0.1, 0.15) is 114 Å². The lowest BCUT2D eigenvalue weighted by Crippen LogP contribution is -2.26. The molecule has 2 amide bonds. The van der Waals surface area contributed by atoms with Crippen LogP contribution in [0, 0.1) is 0 Å². The molecule has 0 atom stereocenters.